The maximum atomic E-state index is 12.7. The Labute approximate surface area is 420 Å². The minimum absolute atomic E-state index is 0. The monoisotopic (exact) mass is 964 g/mol. The lowest BCUT2D eigenvalue weighted by atomic mass is 9.92. The molecule has 0 bridgehead atoms. The van der Waals surface area contributed by atoms with E-state index in [2.05, 4.69) is 24.5 Å². The van der Waals surface area contributed by atoms with E-state index in [4.69, 9.17) is 0 Å². The van der Waals surface area contributed by atoms with Gasteiger partial charge in [0.2, 0.25) is 11.8 Å². The van der Waals surface area contributed by atoms with Gasteiger partial charge in [0.15, 0.2) is 11.6 Å². The van der Waals surface area contributed by atoms with E-state index in [9.17, 15) is 39.0 Å². The molecule has 4 N–H and O–H groups in total. The minimum atomic E-state index is -0.942. The van der Waals surface area contributed by atoms with Gasteiger partial charge in [0.1, 0.15) is 0 Å². The smallest absolute Gasteiger partial charge is 0.306 e. The van der Waals surface area contributed by atoms with Gasteiger partial charge in [-0.2, -0.15) is 13.5 Å². The zero-order valence-corrected chi connectivity index (χ0v) is 40.5. The van der Waals surface area contributed by atoms with Crippen LogP contribution in [0.15, 0.2) is 158 Å². The molecule has 368 valence electrons. The molecule has 2 amide bonds. The fourth-order valence-corrected chi connectivity index (χ4v) is 7.59. The van der Waals surface area contributed by atoms with Crippen molar-refractivity contribution >= 4 is 60.2 Å². The average molecular weight is 965 g/mol. The van der Waals surface area contributed by atoms with Crippen molar-refractivity contribution in [1.29, 1.82) is 0 Å². The number of ketones is 2. The van der Waals surface area contributed by atoms with Crippen LogP contribution in [0.25, 0.3) is 22.3 Å². The van der Waals surface area contributed by atoms with E-state index in [1.54, 1.807) is 24.3 Å². The van der Waals surface area contributed by atoms with E-state index in [1.807, 2.05) is 133 Å². The van der Waals surface area contributed by atoms with Gasteiger partial charge in [0, 0.05) is 48.2 Å². The number of rotatable bonds is 24. The normalized spacial score (nSPS) is 11.2. The van der Waals surface area contributed by atoms with E-state index < -0.39 is 23.8 Å². The Morgan fingerprint density at radius 3 is 1.03 bits per heavy atom. The van der Waals surface area contributed by atoms with Gasteiger partial charge >= 0.3 is 11.9 Å². The second-order valence-corrected chi connectivity index (χ2v) is 17.0. The van der Waals surface area contributed by atoms with Crippen LogP contribution in [0.5, 0.6) is 0 Å². The molecule has 11 heteroatoms. The summed E-state index contributed by atoms with van der Waals surface area (Å²) >= 11 is 0. The van der Waals surface area contributed by atoms with Crippen molar-refractivity contribution in [2.75, 3.05) is 10.6 Å². The van der Waals surface area contributed by atoms with Crippen LogP contribution in [0.2, 0.25) is 0 Å². The Morgan fingerprint density at radius 1 is 0.443 bits per heavy atom. The van der Waals surface area contributed by atoms with E-state index in [1.165, 1.54) is 0 Å². The number of hydrogen-bond donors (Lipinski definition) is 4. The summed E-state index contributed by atoms with van der Waals surface area (Å²) < 4.78 is 0. The molecule has 0 radical (unpaired) electrons. The molecule has 6 aromatic carbocycles. The lowest BCUT2D eigenvalue weighted by Gasteiger charge is -2.12. The maximum Gasteiger partial charge on any atom is 0.306 e. The van der Waals surface area contributed by atoms with Gasteiger partial charge in [0.05, 0.1) is 11.8 Å². The van der Waals surface area contributed by atoms with Crippen LogP contribution in [-0.2, 0) is 32.0 Å². The van der Waals surface area contributed by atoms with Gasteiger partial charge in [0.25, 0.3) is 0 Å². The number of hydrogen-bond acceptors (Lipinski definition) is 6. The van der Waals surface area contributed by atoms with Crippen molar-refractivity contribution in [3.8, 4) is 22.3 Å². The highest BCUT2D eigenvalue weighted by Gasteiger charge is 2.23. The third kappa shape index (κ3) is 19.1. The van der Waals surface area contributed by atoms with Crippen molar-refractivity contribution in [3.05, 3.63) is 180 Å². The van der Waals surface area contributed by atoms with Crippen molar-refractivity contribution < 1.29 is 39.0 Å². The predicted molar refractivity (Wildman–Crippen MR) is 287 cm³/mol. The summed E-state index contributed by atoms with van der Waals surface area (Å²) in [7, 11) is 0. The van der Waals surface area contributed by atoms with Crippen LogP contribution in [-0.4, -0.2) is 45.5 Å². The van der Waals surface area contributed by atoms with Crippen LogP contribution in [0.4, 0.5) is 11.4 Å². The van der Waals surface area contributed by atoms with Gasteiger partial charge in [-0.15, -0.1) is 0 Å². The Hall–Kier alpha value is -7.11. The Kier molecular flexibility index (Phi) is 24.8. The molecule has 2 atom stereocenters. The predicted octanol–water partition coefficient (Wildman–Crippen LogP) is 13.5. The number of carbonyl (C=O) groups is 6. The first-order valence-corrected chi connectivity index (χ1v) is 23.5. The molecule has 0 aliphatic rings. The van der Waals surface area contributed by atoms with E-state index in [0.717, 1.165) is 70.4 Å². The van der Waals surface area contributed by atoms with Gasteiger partial charge in [-0.25, -0.2) is 0 Å². The van der Waals surface area contributed by atoms with Gasteiger partial charge < -0.3 is 20.8 Å². The van der Waals surface area contributed by atoms with E-state index in [0.29, 0.717) is 49.7 Å². The fourth-order valence-electron chi connectivity index (χ4n) is 7.59. The quantitative estimate of drug-likeness (QED) is 0.0435. The fraction of sp³-hybridized carbons (Fsp3) is 0.288. The van der Waals surface area contributed by atoms with Crippen LogP contribution >= 0.6 is 13.5 Å². The van der Waals surface area contributed by atoms with Crippen LogP contribution in [0.3, 0.4) is 0 Å². The first-order chi connectivity index (χ1) is 32.9. The largest absolute Gasteiger partial charge is 0.481 e. The van der Waals surface area contributed by atoms with Gasteiger partial charge in [-0.3, -0.25) is 28.8 Å². The Balaban J connectivity index is 0.000000360. The number of unbranched alkanes of at least 4 members (excludes halogenated alkanes) is 2. The number of aryl methyl sites for hydroxylation is 2. The van der Waals surface area contributed by atoms with E-state index >= 15 is 0 Å². The topological polar surface area (TPSA) is 167 Å². The highest BCUT2D eigenvalue weighted by atomic mass is 32.1. The first kappa shape index (κ1) is 57.2. The molecule has 0 heterocycles. The number of carboxylic acids is 2. The summed E-state index contributed by atoms with van der Waals surface area (Å²) in [6.07, 6.45) is 6.79. The summed E-state index contributed by atoms with van der Waals surface area (Å²) in [5.74, 6) is -3.62. The number of amides is 2. The number of nitrogens with one attached hydrogen (secondary N) is 2. The molecule has 0 saturated carbocycles. The number of anilines is 2. The summed E-state index contributed by atoms with van der Waals surface area (Å²) in [6.45, 7) is 4.11. The maximum absolute atomic E-state index is 12.7. The number of Topliss-reactive ketones (excluding diaryl/α,β-unsaturated/α-hetero) is 2. The number of aliphatic carboxylic acids is 2. The molecule has 70 heavy (non-hydrogen) atoms. The molecular weight excluding hydrogens is 897 g/mol. The second-order valence-electron chi connectivity index (χ2n) is 17.0. The molecular formula is C59H68N2O8S. The summed E-state index contributed by atoms with van der Waals surface area (Å²) in [6, 6.07) is 49.0. The van der Waals surface area contributed by atoms with Crippen LogP contribution in [0, 0.1) is 11.8 Å². The van der Waals surface area contributed by atoms with E-state index in [-0.39, 0.29) is 57.1 Å². The minimum Gasteiger partial charge on any atom is -0.481 e. The molecule has 6 aromatic rings. The van der Waals surface area contributed by atoms with Crippen molar-refractivity contribution in [1.82, 2.24) is 0 Å². The number of carbonyl (C=O) groups excluding carboxylic acids is 4. The number of benzene rings is 6. The lowest BCUT2D eigenvalue weighted by molar-refractivity contribution is -0.142. The highest BCUT2D eigenvalue weighted by molar-refractivity contribution is 7.59. The summed E-state index contributed by atoms with van der Waals surface area (Å²) in [5, 5.41) is 25.0. The molecule has 0 saturated heterocycles. The zero-order valence-electron chi connectivity index (χ0n) is 39.5. The van der Waals surface area contributed by atoms with Gasteiger partial charge in [-0.1, -0.05) is 168 Å². The Morgan fingerprint density at radius 2 is 0.743 bits per heavy atom. The standard InChI is InChI=1S/2C29H31NO4.CH4.H2S/c2*1-2-3-9-28(32)30-26-18-16-23(17-19-26)22-12-14-24(15-13-22)27(31)20-25(29(33)34)11-10-21-7-5-4-6-8-21;;/h2*4-8,12-19,25H,2-3,9-11,20H2,1H3,(H,30,32)(H,33,34);1H4;1H2/t2*25-;;/m10../s1. The molecule has 6 rings (SSSR count). The lowest BCUT2D eigenvalue weighted by Crippen LogP contribution is -2.19. The van der Waals surface area contributed by atoms with Crippen LogP contribution < -0.4 is 10.6 Å². The summed E-state index contributed by atoms with van der Waals surface area (Å²) in [4.78, 5) is 72.6. The Bertz CT molecular complexity index is 2370. The van der Waals surface area contributed by atoms with Crippen LogP contribution in [0.1, 0.15) is 117 Å². The average Bonchev–Trinajstić information content (AvgIpc) is 3.36. The third-order valence-corrected chi connectivity index (χ3v) is 11.7. The molecule has 0 fully saturated rings. The molecule has 0 spiro atoms. The SMILES string of the molecule is C.CCCCC(=O)Nc1ccc(-c2ccc(C(=O)C[C@@H](CCc3ccccc3)C(=O)O)cc2)cc1.CCCCC(=O)Nc1ccc(-c2ccc(C(=O)C[C@H](CCc3ccccc3)C(=O)O)cc2)cc1.S. The van der Waals surface area contributed by atoms with Crippen molar-refractivity contribution in [2.45, 2.75) is 98.3 Å². The molecule has 0 unspecified atom stereocenters. The second kappa shape index (κ2) is 30.4. The van der Waals surface area contributed by atoms with Gasteiger partial charge in [-0.05, 0) is 96.2 Å². The summed E-state index contributed by atoms with van der Waals surface area (Å²) in [5.41, 5.74) is 8.49. The highest BCUT2D eigenvalue weighted by Crippen LogP contribution is 2.26. The first-order valence-electron chi connectivity index (χ1n) is 23.5. The third-order valence-electron chi connectivity index (χ3n) is 11.7. The molecule has 0 aliphatic carbocycles. The number of carboxylic acid groups (broad SMARTS) is 2. The zero-order chi connectivity index (χ0) is 48.7. The van der Waals surface area contributed by atoms with Crippen molar-refractivity contribution in [2.24, 2.45) is 11.8 Å². The molecule has 10 nitrogen and oxygen atoms in total. The molecule has 0 aliphatic heterocycles. The molecule has 0 aromatic heterocycles. The van der Waals surface area contributed by atoms with Crippen molar-refractivity contribution in [3.63, 3.8) is 0 Å².